The number of carboxylic acids is 1. The van der Waals surface area contributed by atoms with E-state index in [1.165, 1.54) is 18.2 Å². The van der Waals surface area contributed by atoms with Crippen molar-refractivity contribution in [3.8, 4) is 0 Å². The molecule has 4 nitrogen and oxygen atoms in total. The lowest BCUT2D eigenvalue weighted by Gasteiger charge is -2.04. The van der Waals surface area contributed by atoms with Crippen molar-refractivity contribution in [2.45, 2.75) is 11.8 Å². The number of carbonyl (C=O) groups is 1. The summed E-state index contributed by atoms with van der Waals surface area (Å²) in [6.45, 7) is 1.59. The number of hydrogen-bond acceptors (Lipinski definition) is 3. The molecular weight excluding hydrogens is 216 g/mol. The van der Waals surface area contributed by atoms with Crippen LogP contribution in [0.3, 0.4) is 0 Å². The van der Waals surface area contributed by atoms with E-state index in [1.807, 2.05) is 0 Å². The number of rotatable bonds is 1. The van der Waals surface area contributed by atoms with E-state index >= 15 is 0 Å². The summed E-state index contributed by atoms with van der Waals surface area (Å²) in [5, 5.41) is 10.0. The van der Waals surface area contributed by atoms with E-state index in [0.29, 0.717) is 11.1 Å². The Bertz CT molecular complexity index is 581. The Labute approximate surface area is 86.8 Å². The number of benzene rings is 1. The Morgan fingerprint density at radius 1 is 1.33 bits per heavy atom. The van der Waals surface area contributed by atoms with Crippen LogP contribution in [0.5, 0.6) is 0 Å². The van der Waals surface area contributed by atoms with Crippen molar-refractivity contribution < 1.29 is 18.3 Å². The van der Waals surface area contributed by atoms with E-state index in [9.17, 15) is 13.2 Å². The summed E-state index contributed by atoms with van der Waals surface area (Å²) in [4.78, 5) is 11.0. The number of aromatic carboxylic acids is 1. The fourth-order valence-corrected chi connectivity index (χ4v) is 3.24. The molecule has 0 fully saturated rings. The zero-order valence-corrected chi connectivity index (χ0v) is 8.71. The van der Waals surface area contributed by atoms with Crippen LogP contribution in [0.15, 0.2) is 28.5 Å². The maximum Gasteiger partial charge on any atom is 0.336 e. The number of hydrogen-bond donors (Lipinski definition) is 1. The van der Waals surface area contributed by atoms with Crippen molar-refractivity contribution in [1.82, 2.24) is 0 Å². The lowest BCUT2D eigenvalue weighted by atomic mass is 10.0. The molecule has 0 spiro atoms. The van der Waals surface area contributed by atoms with Gasteiger partial charge in [-0.05, 0) is 24.6 Å². The smallest absolute Gasteiger partial charge is 0.336 e. The molecule has 5 heteroatoms. The first-order valence-electron chi connectivity index (χ1n) is 4.23. The predicted molar refractivity (Wildman–Crippen MR) is 54.2 cm³/mol. The van der Waals surface area contributed by atoms with Crippen molar-refractivity contribution in [2.24, 2.45) is 0 Å². The first-order valence-corrected chi connectivity index (χ1v) is 5.78. The van der Waals surface area contributed by atoms with Gasteiger partial charge in [0.05, 0.1) is 10.5 Å². The molecule has 0 unspecified atom stereocenters. The summed E-state index contributed by atoms with van der Waals surface area (Å²) in [5.74, 6) is -1.11. The lowest BCUT2D eigenvalue weighted by molar-refractivity contribution is 0.0696. The summed E-state index contributed by atoms with van der Waals surface area (Å²) < 4.78 is 23.1. The summed E-state index contributed by atoms with van der Waals surface area (Å²) in [6, 6.07) is 4.26. The molecule has 1 aliphatic heterocycles. The molecule has 1 N–H and O–H groups in total. The first-order chi connectivity index (χ1) is 6.93. The van der Waals surface area contributed by atoms with Gasteiger partial charge in [-0.25, -0.2) is 13.2 Å². The number of sulfone groups is 1. The fraction of sp³-hybridized carbons (Fsp3) is 0.100. The Hall–Kier alpha value is -1.62. The lowest BCUT2D eigenvalue weighted by Crippen LogP contribution is -2.03. The van der Waals surface area contributed by atoms with Crippen LogP contribution in [0.4, 0.5) is 0 Å². The highest BCUT2D eigenvalue weighted by atomic mass is 32.2. The number of fused-ring (bicyclic) bond motifs is 1. The van der Waals surface area contributed by atoms with Crippen LogP contribution in [-0.4, -0.2) is 19.5 Å². The summed E-state index contributed by atoms with van der Waals surface area (Å²) in [6.07, 6.45) is 0. The number of allylic oxidation sites excluding steroid dienone is 1. The highest BCUT2D eigenvalue weighted by molar-refractivity contribution is 7.95. The molecule has 0 saturated heterocycles. The predicted octanol–water partition coefficient (Wildman–Crippen LogP) is 1.53. The second kappa shape index (κ2) is 2.93. The zero-order chi connectivity index (χ0) is 11.2. The second-order valence-electron chi connectivity index (χ2n) is 3.33. The standard InChI is InChI=1S/C10H8O4S/c1-6-5-15(13,14)8-4-2-3-7(9(6)8)10(11)12/h2-5H,1H3,(H,11,12). The van der Waals surface area contributed by atoms with E-state index in [-0.39, 0.29) is 10.5 Å². The molecular formula is C10H8O4S. The Kier molecular flexibility index (Phi) is 1.94. The monoisotopic (exact) mass is 224 g/mol. The molecule has 1 heterocycles. The van der Waals surface area contributed by atoms with Crippen LogP contribution in [0.2, 0.25) is 0 Å². The molecule has 0 aliphatic carbocycles. The van der Waals surface area contributed by atoms with E-state index in [1.54, 1.807) is 6.92 Å². The first kappa shape index (κ1) is 9.92. The van der Waals surface area contributed by atoms with Gasteiger partial charge >= 0.3 is 5.97 Å². The Morgan fingerprint density at radius 2 is 2.00 bits per heavy atom. The molecule has 0 atom stereocenters. The van der Waals surface area contributed by atoms with Gasteiger partial charge in [0.1, 0.15) is 0 Å². The summed E-state index contributed by atoms with van der Waals surface area (Å²) in [5.41, 5.74) is 0.815. The maximum atomic E-state index is 11.6. The Morgan fingerprint density at radius 3 is 2.60 bits per heavy atom. The van der Waals surface area contributed by atoms with Gasteiger partial charge in [-0.2, -0.15) is 0 Å². The Balaban J connectivity index is 2.87. The molecule has 78 valence electrons. The van der Waals surface area contributed by atoms with Crippen LogP contribution < -0.4 is 0 Å². The average Bonchev–Trinajstić information content (AvgIpc) is 2.37. The minimum Gasteiger partial charge on any atom is -0.478 e. The second-order valence-corrected chi connectivity index (χ2v) is 5.10. The summed E-state index contributed by atoms with van der Waals surface area (Å²) in [7, 11) is -3.44. The average molecular weight is 224 g/mol. The fourth-order valence-electron chi connectivity index (χ4n) is 1.71. The highest BCUT2D eigenvalue weighted by Crippen LogP contribution is 2.35. The molecule has 2 rings (SSSR count). The third kappa shape index (κ3) is 1.35. The van der Waals surface area contributed by atoms with Gasteiger partial charge in [0.2, 0.25) is 9.84 Å². The van der Waals surface area contributed by atoms with Gasteiger partial charge in [0.25, 0.3) is 0 Å². The molecule has 0 aromatic heterocycles. The van der Waals surface area contributed by atoms with E-state index in [4.69, 9.17) is 5.11 Å². The van der Waals surface area contributed by atoms with Crippen molar-refractivity contribution >= 4 is 21.4 Å². The van der Waals surface area contributed by atoms with Gasteiger partial charge in [-0.1, -0.05) is 6.07 Å². The molecule has 0 radical (unpaired) electrons. The minimum atomic E-state index is -3.44. The molecule has 1 aromatic carbocycles. The van der Waals surface area contributed by atoms with E-state index in [2.05, 4.69) is 0 Å². The molecule has 0 saturated carbocycles. The van der Waals surface area contributed by atoms with Gasteiger partial charge < -0.3 is 5.11 Å². The molecule has 1 aromatic rings. The van der Waals surface area contributed by atoms with Crippen LogP contribution >= 0.6 is 0 Å². The SMILES string of the molecule is CC1=CS(=O)(=O)c2cccc(C(=O)O)c21. The van der Waals surface area contributed by atoms with Crippen LogP contribution in [-0.2, 0) is 9.84 Å². The molecule has 0 amide bonds. The van der Waals surface area contributed by atoms with E-state index < -0.39 is 15.8 Å². The molecule has 1 aliphatic rings. The highest BCUT2D eigenvalue weighted by Gasteiger charge is 2.28. The van der Waals surface area contributed by atoms with Gasteiger partial charge in [0.15, 0.2) is 0 Å². The molecule has 15 heavy (non-hydrogen) atoms. The van der Waals surface area contributed by atoms with Crippen LogP contribution in [0, 0.1) is 0 Å². The van der Waals surface area contributed by atoms with Crippen molar-refractivity contribution in [1.29, 1.82) is 0 Å². The quantitative estimate of drug-likeness (QED) is 0.785. The zero-order valence-electron chi connectivity index (χ0n) is 7.89. The largest absolute Gasteiger partial charge is 0.478 e. The summed E-state index contributed by atoms with van der Waals surface area (Å²) >= 11 is 0. The van der Waals surface area contributed by atoms with Crippen LogP contribution in [0.25, 0.3) is 5.57 Å². The number of carboxylic acid groups (broad SMARTS) is 1. The van der Waals surface area contributed by atoms with Crippen LogP contribution in [0.1, 0.15) is 22.8 Å². The van der Waals surface area contributed by atoms with E-state index in [0.717, 1.165) is 5.41 Å². The van der Waals surface area contributed by atoms with Crippen molar-refractivity contribution in [3.05, 3.63) is 34.7 Å². The third-order valence-corrected chi connectivity index (χ3v) is 3.91. The third-order valence-electron chi connectivity index (χ3n) is 2.29. The topological polar surface area (TPSA) is 71.4 Å². The van der Waals surface area contributed by atoms with Crippen molar-refractivity contribution in [2.75, 3.05) is 0 Å². The van der Waals surface area contributed by atoms with Gasteiger partial charge in [0, 0.05) is 11.0 Å². The molecule has 0 bridgehead atoms. The minimum absolute atomic E-state index is 0.0299. The van der Waals surface area contributed by atoms with Gasteiger partial charge in [-0.3, -0.25) is 0 Å². The van der Waals surface area contributed by atoms with Crippen molar-refractivity contribution in [3.63, 3.8) is 0 Å². The maximum absolute atomic E-state index is 11.6. The normalized spacial score (nSPS) is 17.0. The van der Waals surface area contributed by atoms with Gasteiger partial charge in [-0.15, -0.1) is 0 Å².